The van der Waals surface area contributed by atoms with Crippen molar-refractivity contribution in [3.63, 3.8) is 0 Å². The van der Waals surface area contributed by atoms with E-state index in [1.807, 2.05) is 18.2 Å². The minimum absolute atomic E-state index is 0.194. The molecule has 0 fully saturated rings. The average Bonchev–Trinajstić information content (AvgIpc) is 2.41. The minimum Gasteiger partial charge on any atom is -0.504 e. The van der Waals surface area contributed by atoms with Gasteiger partial charge in [-0.05, 0) is 18.2 Å². The molecule has 0 heterocycles. The van der Waals surface area contributed by atoms with E-state index in [1.54, 1.807) is 18.2 Å². The summed E-state index contributed by atoms with van der Waals surface area (Å²) in [5.41, 5.74) is 7.51. The molecule has 0 aliphatic rings. The van der Waals surface area contributed by atoms with Gasteiger partial charge < -0.3 is 15.9 Å². The van der Waals surface area contributed by atoms with Gasteiger partial charge in [-0.15, -0.1) is 0 Å². The first-order chi connectivity index (χ1) is 9.18. The fraction of sp³-hybridized carbons (Fsp3) is 0. The van der Waals surface area contributed by atoms with Gasteiger partial charge in [0.15, 0.2) is 11.5 Å². The molecule has 2 rings (SSSR count). The Bertz CT molecular complexity index is 636. The number of nitrogens with two attached hydrogens (primary N) is 1. The zero-order valence-electron chi connectivity index (χ0n) is 10.1. The summed E-state index contributed by atoms with van der Waals surface area (Å²) < 4.78 is 0. The molecule has 0 spiro atoms. The molecule has 19 heavy (non-hydrogen) atoms. The predicted molar refractivity (Wildman–Crippen MR) is 75.8 cm³/mol. The molecular weight excluding hydrogens is 242 g/mol. The van der Waals surface area contributed by atoms with E-state index in [9.17, 15) is 10.2 Å². The topological polar surface area (TPSA) is 91.2 Å². The van der Waals surface area contributed by atoms with Gasteiger partial charge in [0.2, 0.25) is 0 Å². The summed E-state index contributed by atoms with van der Waals surface area (Å²) in [4.78, 5) is 0. The lowest BCUT2D eigenvalue weighted by molar-refractivity contribution is 0.403. The van der Waals surface area contributed by atoms with Gasteiger partial charge in [-0.25, -0.2) is 0 Å². The highest BCUT2D eigenvalue weighted by molar-refractivity contribution is 5.88. The van der Waals surface area contributed by atoms with Crippen LogP contribution in [0, 0.1) is 0 Å². The number of nitrogen functional groups attached to an aromatic ring is 1. The van der Waals surface area contributed by atoms with Gasteiger partial charge in [-0.3, -0.25) is 0 Å². The maximum atomic E-state index is 9.54. The molecular formula is C14H13N3O2. The lowest BCUT2D eigenvalue weighted by atomic mass is 10.2. The molecule has 0 saturated carbocycles. The SMILES string of the molecule is Nc1ccccc1/C=N/N=C/c1cccc(O)c1O. The molecule has 0 aliphatic heterocycles. The molecule has 0 amide bonds. The lowest BCUT2D eigenvalue weighted by Gasteiger charge is -1.99. The van der Waals surface area contributed by atoms with E-state index in [0.29, 0.717) is 11.3 Å². The van der Waals surface area contributed by atoms with Crippen molar-refractivity contribution in [1.82, 2.24) is 0 Å². The molecule has 0 atom stereocenters. The van der Waals surface area contributed by atoms with Gasteiger partial charge in [-0.1, -0.05) is 24.3 Å². The van der Waals surface area contributed by atoms with Gasteiger partial charge in [0, 0.05) is 16.8 Å². The molecule has 2 aromatic rings. The van der Waals surface area contributed by atoms with E-state index in [0.717, 1.165) is 5.56 Å². The Morgan fingerprint density at radius 2 is 1.47 bits per heavy atom. The Hall–Kier alpha value is -2.82. The van der Waals surface area contributed by atoms with Crippen LogP contribution in [0.25, 0.3) is 0 Å². The van der Waals surface area contributed by atoms with Crippen molar-refractivity contribution in [2.24, 2.45) is 10.2 Å². The summed E-state index contributed by atoms with van der Waals surface area (Å²) in [5.74, 6) is -0.416. The van der Waals surface area contributed by atoms with Crippen LogP contribution >= 0.6 is 0 Å². The van der Waals surface area contributed by atoms with E-state index < -0.39 is 0 Å². The Morgan fingerprint density at radius 3 is 2.21 bits per heavy atom. The predicted octanol–water partition coefficient (Wildman–Crippen LogP) is 2.13. The molecule has 0 unspecified atom stereocenters. The number of phenols is 2. The average molecular weight is 255 g/mol. The highest BCUT2D eigenvalue weighted by atomic mass is 16.3. The Balaban J connectivity index is 2.12. The fourth-order valence-electron chi connectivity index (χ4n) is 1.47. The summed E-state index contributed by atoms with van der Waals surface area (Å²) in [6, 6.07) is 11.9. The quantitative estimate of drug-likeness (QED) is 0.339. The number of hydrogen-bond donors (Lipinski definition) is 3. The molecule has 0 aromatic heterocycles. The van der Waals surface area contributed by atoms with Crippen molar-refractivity contribution in [2.45, 2.75) is 0 Å². The zero-order valence-corrected chi connectivity index (χ0v) is 10.1. The summed E-state index contributed by atoms with van der Waals surface area (Å²) in [6.45, 7) is 0. The number of anilines is 1. The van der Waals surface area contributed by atoms with Crippen LogP contribution in [-0.4, -0.2) is 22.6 Å². The molecule has 0 radical (unpaired) electrons. The summed E-state index contributed by atoms with van der Waals surface area (Å²) in [6.07, 6.45) is 2.87. The first kappa shape index (κ1) is 12.6. The van der Waals surface area contributed by atoms with Crippen LogP contribution in [-0.2, 0) is 0 Å². The Labute approximate surface area is 110 Å². The number of nitrogens with zero attached hydrogens (tertiary/aromatic N) is 2. The van der Waals surface area contributed by atoms with E-state index in [1.165, 1.54) is 18.5 Å². The molecule has 4 N–H and O–H groups in total. The van der Waals surface area contributed by atoms with Crippen molar-refractivity contribution in [3.8, 4) is 11.5 Å². The zero-order chi connectivity index (χ0) is 13.7. The van der Waals surface area contributed by atoms with Crippen LogP contribution in [0.4, 0.5) is 5.69 Å². The van der Waals surface area contributed by atoms with E-state index in [-0.39, 0.29) is 11.5 Å². The first-order valence-electron chi connectivity index (χ1n) is 5.60. The third-order valence-corrected chi connectivity index (χ3v) is 2.50. The van der Waals surface area contributed by atoms with Crippen molar-refractivity contribution >= 4 is 18.1 Å². The van der Waals surface area contributed by atoms with Crippen LogP contribution in [0.5, 0.6) is 11.5 Å². The number of phenolic OH excluding ortho intramolecular Hbond substituents is 2. The summed E-state index contributed by atoms with van der Waals surface area (Å²) >= 11 is 0. The van der Waals surface area contributed by atoms with Crippen LogP contribution < -0.4 is 5.73 Å². The Kier molecular flexibility index (Phi) is 3.78. The highest BCUT2D eigenvalue weighted by Crippen LogP contribution is 2.26. The standard InChI is InChI=1S/C14H13N3O2/c15-12-6-2-1-4-10(12)8-16-17-9-11-5-3-7-13(18)14(11)19/h1-9,18-19H,15H2/b16-8+,17-9+. The van der Waals surface area contributed by atoms with Crippen molar-refractivity contribution in [2.75, 3.05) is 5.73 Å². The minimum atomic E-state index is -0.222. The van der Waals surface area contributed by atoms with E-state index in [2.05, 4.69) is 10.2 Å². The normalized spacial score (nSPS) is 11.4. The summed E-state index contributed by atoms with van der Waals surface area (Å²) in [7, 11) is 0. The highest BCUT2D eigenvalue weighted by Gasteiger charge is 2.02. The molecule has 0 bridgehead atoms. The number of benzene rings is 2. The van der Waals surface area contributed by atoms with Gasteiger partial charge in [-0.2, -0.15) is 10.2 Å². The third kappa shape index (κ3) is 3.10. The van der Waals surface area contributed by atoms with Crippen LogP contribution in [0.15, 0.2) is 52.7 Å². The van der Waals surface area contributed by atoms with Crippen LogP contribution in [0.3, 0.4) is 0 Å². The largest absolute Gasteiger partial charge is 0.504 e. The lowest BCUT2D eigenvalue weighted by Crippen LogP contribution is -1.91. The second-order valence-corrected chi connectivity index (χ2v) is 3.83. The summed E-state index contributed by atoms with van der Waals surface area (Å²) in [5, 5.41) is 26.5. The number of aromatic hydroxyl groups is 2. The maximum Gasteiger partial charge on any atom is 0.166 e. The molecule has 96 valence electrons. The third-order valence-electron chi connectivity index (χ3n) is 2.50. The first-order valence-corrected chi connectivity index (χ1v) is 5.60. The smallest absolute Gasteiger partial charge is 0.166 e. The van der Waals surface area contributed by atoms with Crippen molar-refractivity contribution in [1.29, 1.82) is 0 Å². The molecule has 5 nitrogen and oxygen atoms in total. The number of para-hydroxylation sites is 2. The van der Waals surface area contributed by atoms with E-state index >= 15 is 0 Å². The number of hydrogen-bond acceptors (Lipinski definition) is 5. The van der Waals surface area contributed by atoms with Gasteiger partial charge in [0.1, 0.15) is 0 Å². The van der Waals surface area contributed by atoms with Crippen molar-refractivity contribution in [3.05, 3.63) is 53.6 Å². The second kappa shape index (κ2) is 5.68. The van der Waals surface area contributed by atoms with Gasteiger partial charge in [0.05, 0.1) is 12.4 Å². The monoisotopic (exact) mass is 255 g/mol. The van der Waals surface area contributed by atoms with Gasteiger partial charge >= 0.3 is 0 Å². The second-order valence-electron chi connectivity index (χ2n) is 3.83. The Morgan fingerprint density at radius 1 is 0.842 bits per heavy atom. The van der Waals surface area contributed by atoms with Crippen LogP contribution in [0.2, 0.25) is 0 Å². The van der Waals surface area contributed by atoms with E-state index in [4.69, 9.17) is 5.73 Å². The van der Waals surface area contributed by atoms with Gasteiger partial charge in [0.25, 0.3) is 0 Å². The van der Waals surface area contributed by atoms with Crippen LogP contribution in [0.1, 0.15) is 11.1 Å². The number of rotatable bonds is 3. The molecule has 0 saturated heterocycles. The molecule has 0 aliphatic carbocycles. The fourth-order valence-corrected chi connectivity index (χ4v) is 1.47. The maximum absolute atomic E-state index is 9.54. The molecule has 2 aromatic carbocycles. The van der Waals surface area contributed by atoms with Crippen molar-refractivity contribution < 1.29 is 10.2 Å². The molecule has 5 heteroatoms.